The fourth-order valence-electron chi connectivity index (χ4n) is 1.38. The Kier molecular flexibility index (Phi) is 2.92. The Balaban J connectivity index is 3.24. The molecule has 0 spiro atoms. The fourth-order valence-corrected chi connectivity index (χ4v) is 1.38. The van der Waals surface area contributed by atoms with E-state index in [-0.39, 0.29) is 5.57 Å². The summed E-state index contributed by atoms with van der Waals surface area (Å²) in [4.78, 5) is 10.7. The molecule has 0 bridgehead atoms. The van der Waals surface area contributed by atoms with Gasteiger partial charge in [0, 0.05) is 0 Å². The van der Waals surface area contributed by atoms with E-state index in [1.54, 1.807) is 12.1 Å². The van der Waals surface area contributed by atoms with E-state index in [1.165, 1.54) is 0 Å². The molecule has 0 fully saturated rings. The number of carboxylic acid groups (broad SMARTS) is 1. The predicted molar refractivity (Wildman–Crippen MR) is 54.2 cm³/mol. The van der Waals surface area contributed by atoms with Crippen LogP contribution >= 0.6 is 0 Å². The topological polar surface area (TPSA) is 57.5 Å². The van der Waals surface area contributed by atoms with Gasteiger partial charge in [0.1, 0.15) is 5.57 Å². The summed E-state index contributed by atoms with van der Waals surface area (Å²) < 4.78 is 0. The van der Waals surface area contributed by atoms with Crippen LogP contribution in [0.5, 0.6) is 0 Å². The molecule has 2 N–H and O–H groups in total. The van der Waals surface area contributed by atoms with Gasteiger partial charge in [0.25, 0.3) is 0 Å². The molecule has 3 heteroatoms. The van der Waals surface area contributed by atoms with Crippen LogP contribution in [-0.2, 0) is 4.79 Å². The molecule has 14 heavy (non-hydrogen) atoms. The molecule has 0 unspecified atom stereocenters. The highest BCUT2D eigenvalue weighted by Crippen LogP contribution is 2.17. The first-order valence-electron chi connectivity index (χ1n) is 4.21. The Hall–Kier alpha value is -1.77. The minimum atomic E-state index is -1.13. The largest absolute Gasteiger partial charge is 0.515 e. The van der Waals surface area contributed by atoms with Crippen LogP contribution < -0.4 is 0 Å². The molecular formula is C11H12O3. The number of benzene rings is 1. The van der Waals surface area contributed by atoms with E-state index >= 15 is 0 Å². The summed E-state index contributed by atoms with van der Waals surface area (Å²) in [5, 5.41) is 17.6. The van der Waals surface area contributed by atoms with Crippen molar-refractivity contribution in [2.75, 3.05) is 0 Å². The third-order valence-electron chi connectivity index (χ3n) is 1.89. The molecule has 1 rings (SSSR count). The Labute approximate surface area is 82.3 Å². The summed E-state index contributed by atoms with van der Waals surface area (Å²) in [7, 11) is 0. The minimum absolute atomic E-state index is 0.0863. The van der Waals surface area contributed by atoms with Gasteiger partial charge in [0.2, 0.25) is 0 Å². The first kappa shape index (κ1) is 10.3. The molecule has 1 aromatic rings. The van der Waals surface area contributed by atoms with Crippen LogP contribution in [0.4, 0.5) is 0 Å². The predicted octanol–water partition coefficient (Wildman–Crippen LogP) is 2.29. The second-order valence-electron chi connectivity index (χ2n) is 3.22. The van der Waals surface area contributed by atoms with Crippen molar-refractivity contribution >= 4 is 11.5 Å². The zero-order chi connectivity index (χ0) is 10.7. The van der Waals surface area contributed by atoms with E-state index in [9.17, 15) is 4.79 Å². The summed E-state index contributed by atoms with van der Waals surface area (Å²) in [5.74, 6) is -1.13. The molecule has 1 aromatic carbocycles. The van der Waals surface area contributed by atoms with Crippen LogP contribution in [0, 0.1) is 13.8 Å². The second-order valence-corrected chi connectivity index (χ2v) is 3.22. The van der Waals surface area contributed by atoms with Crippen molar-refractivity contribution in [3.05, 3.63) is 41.2 Å². The molecule has 0 saturated heterocycles. The van der Waals surface area contributed by atoms with E-state index in [1.807, 2.05) is 19.9 Å². The molecule has 0 atom stereocenters. The number of aliphatic hydroxyl groups is 1. The Bertz CT molecular complexity index is 371. The average Bonchev–Trinajstić information content (AvgIpc) is 2.02. The number of aliphatic carboxylic acids is 1. The number of hydrogen-bond acceptors (Lipinski definition) is 2. The van der Waals surface area contributed by atoms with Gasteiger partial charge in [0.05, 0.1) is 6.26 Å². The summed E-state index contributed by atoms with van der Waals surface area (Å²) in [5.41, 5.74) is 2.38. The molecule has 3 nitrogen and oxygen atoms in total. The highest BCUT2D eigenvalue weighted by atomic mass is 16.4. The Morgan fingerprint density at radius 2 is 1.71 bits per heavy atom. The molecule has 0 aromatic heterocycles. The molecule has 0 aliphatic heterocycles. The fraction of sp³-hybridized carbons (Fsp3) is 0.182. The lowest BCUT2D eigenvalue weighted by Gasteiger charge is -2.04. The number of rotatable bonds is 2. The summed E-state index contributed by atoms with van der Waals surface area (Å²) in [6.45, 7) is 3.76. The summed E-state index contributed by atoms with van der Waals surface area (Å²) >= 11 is 0. The standard InChI is InChI=1S/C11H12O3/c1-7-3-8(2)5-9(4-7)10(6-12)11(13)14/h3-6,12H,1-2H3,(H,13,14)/b10-6-. The maximum atomic E-state index is 10.7. The van der Waals surface area contributed by atoms with Crippen molar-refractivity contribution in [2.24, 2.45) is 0 Å². The highest BCUT2D eigenvalue weighted by molar-refractivity contribution is 6.15. The van der Waals surface area contributed by atoms with Gasteiger partial charge in [-0.3, -0.25) is 0 Å². The average molecular weight is 192 g/mol. The van der Waals surface area contributed by atoms with Crippen molar-refractivity contribution in [3.8, 4) is 0 Å². The molecular weight excluding hydrogens is 180 g/mol. The lowest BCUT2D eigenvalue weighted by Crippen LogP contribution is -2.00. The van der Waals surface area contributed by atoms with Crippen molar-refractivity contribution < 1.29 is 15.0 Å². The summed E-state index contributed by atoms with van der Waals surface area (Å²) in [6.07, 6.45) is 0.622. The highest BCUT2D eigenvalue weighted by Gasteiger charge is 2.10. The third-order valence-corrected chi connectivity index (χ3v) is 1.89. The van der Waals surface area contributed by atoms with Gasteiger partial charge in [-0.2, -0.15) is 0 Å². The molecule has 0 saturated carbocycles. The first-order valence-corrected chi connectivity index (χ1v) is 4.21. The second kappa shape index (κ2) is 3.96. The van der Waals surface area contributed by atoms with Crippen LogP contribution in [0.2, 0.25) is 0 Å². The van der Waals surface area contributed by atoms with E-state index in [0.717, 1.165) is 11.1 Å². The summed E-state index contributed by atoms with van der Waals surface area (Å²) in [6, 6.07) is 5.40. The molecule has 74 valence electrons. The Morgan fingerprint density at radius 1 is 1.21 bits per heavy atom. The number of aliphatic hydroxyl groups excluding tert-OH is 1. The van der Waals surface area contributed by atoms with E-state index in [4.69, 9.17) is 10.2 Å². The van der Waals surface area contributed by atoms with Crippen LogP contribution in [0.25, 0.3) is 5.57 Å². The lowest BCUT2D eigenvalue weighted by atomic mass is 10.0. The zero-order valence-corrected chi connectivity index (χ0v) is 8.11. The Morgan fingerprint density at radius 3 is 2.07 bits per heavy atom. The maximum absolute atomic E-state index is 10.7. The molecule has 0 radical (unpaired) electrons. The number of hydrogen-bond donors (Lipinski definition) is 2. The smallest absolute Gasteiger partial charge is 0.339 e. The van der Waals surface area contributed by atoms with Crippen LogP contribution in [0.15, 0.2) is 24.5 Å². The monoisotopic (exact) mass is 192 g/mol. The van der Waals surface area contributed by atoms with Gasteiger partial charge in [-0.1, -0.05) is 29.3 Å². The van der Waals surface area contributed by atoms with Crippen LogP contribution in [-0.4, -0.2) is 16.2 Å². The van der Waals surface area contributed by atoms with E-state index in [0.29, 0.717) is 11.8 Å². The van der Waals surface area contributed by atoms with Gasteiger partial charge in [-0.25, -0.2) is 4.79 Å². The molecule has 0 aliphatic rings. The van der Waals surface area contributed by atoms with E-state index in [2.05, 4.69) is 0 Å². The lowest BCUT2D eigenvalue weighted by molar-refractivity contribution is -0.130. The van der Waals surface area contributed by atoms with Crippen molar-refractivity contribution in [3.63, 3.8) is 0 Å². The molecule has 0 amide bonds. The van der Waals surface area contributed by atoms with Gasteiger partial charge < -0.3 is 10.2 Å². The number of carbonyl (C=O) groups is 1. The molecule has 0 heterocycles. The van der Waals surface area contributed by atoms with Crippen LogP contribution in [0.3, 0.4) is 0 Å². The normalized spacial score (nSPS) is 11.4. The van der Waals surface area contributed by atoms with Crippen molar-refractivity contribution in [1.82, 2.24) is 0 Å². The van der Waals surface area contributed by atoms with Gasteiger partial charge in [0.15, 0.2) is 0 Å². The van der Waals surface area contributed by atoms with Crippen molar-refractivity contribution in [1.29, 1.82) is 0 Å². The molecule has 0 aliphatic carbocycles. The SMILES string of the molecule is Cc1cc(C)cc(/C(=C/O)C(=O)O)c1. The van der Waals surface area contributed by atoms with Gasteiger partial charge in [-0.05, 0) is 19.4 Å². The number of aryl methyl sites for hydroxylation is 2. The van der Waals surface area contributed by atoms with E-state index < -0.39 is 5.97 Å². The van der Waals surface area contributed by atoms with Gasteiger partial charge >= 0.3 is 5.97 Å². The minimum Gasteiger partial charge on any atom is -0.515 e. The van der Waals surface area contributed by atoms with Gasteiger partial charge in [-0.15, -0.1) is 0 Å². The van der Waals surface area contributed by atoms with Crippen molar-refractivity contribution in [2.45, 2.75) is 13.8 Å². The van der Waals surface area contributed by atoms with Crippen LogP contribution in [0.1, 0.15) is 16.7 Å². The maximum Gasteiger partial charge on any atom is 0.339 e. The zero-order valence-electron chi connectivity index (χ0n) is 8.11. The third kappa shape index (κ3) is 2.13. The quantitative estimate of drug-likeness (QED) is 0.558. The first-order chi connectivity index (χ1) is 6.54. The number of carboxylic acids is 1.